The van der Waals surface area contributed by atoms with Crippen LogP contribution in [0.25, 0.3) is 11.2 Å². The molecule has 6 atom stereocenters. The van der Waals surface area contributed by atoms with Gasteiger partial charge in [0.1, 0.15) is 23.4 Å². The lowest BCUT2D eigenvalue weighted by atomic mass is 9.96. The molecule has 2 aromatic heterocycles. The summed E-state index contributed by atoms with van der Waals surface area (Å²) in [5, 5.41) is 20.9. The molecular formula is C24H28N7O11P. The van der Waals surface area contributed by atoms with E-state index in [9.17, 15) is 24.1 Å². The molecule has 19 heteroatoms. The maximum atomic E-state index is 14.0. The van der Waals surface area contributed by atoms with Gasteiger partial charge in [0.2, 0.25) is 5.95 Å². The Hall–Kier alpha value is -4.51. The number of nitrogens with zero attached hydrogens (tertiary/aromatic N) is 4. The van der Waals surface area contributed by atoms with E-state index in [0.29, 0.717) is 5.56 Å². The first-order valence-electron chi connectivity index (χ1n) is 12.8. The number of hydrogen-bond donors (Lipinski definition) is 5. The van der Waals surface area contributed by atoms with E-state index in [-0.39, 0.29) is 41.5 Å². The lowest BCUT2D eigenvalue weighted by Crippen LogP contribution is -2.42. The Bertz CT molecular complexity index is 1630. The van der Waals surface area contributed by atoms with Crippen LogP contribution in [-0.4, -0.2) is 78.3 Å². The number of ether oxygens (including phenoxy) is 3. The van der Waals surface area contributed by atoms with Gasteiger partial charge in [0.15, 0.2) is 29.4 Å². The number of imidazole rings is 1. The molecule has 3 aromatic rings. The van der Waals surface area contributed by atoms with Crippen molar-refractivity contribution in [3.63, 3.8) is 0 Å². The number of carbonyl (C=O) groups excluding carboxylic acids is 1. The van der Waals surface area contributed by atoms with Gasteiger partial charge in [0.25, 0.3) is 0 Å². The van der Waals surface area contributed by atoms with E-state index in [1.54, 1.807) is 25.1 Å². The largest absolute Gasteiger partial charge is 0.509 e. The Morgan fingerprint density at radius 1 is 1.26 bits per heavy atom. The highest BCUT2D eigenvalue weighted by atomic mass is 31.2. The van der Waals surface area contributed by atoms with Crippen molar-refractivity contribution in [1.82, 2.24) is 24.6 Å². The summed E-state index contributed by atoms with van der Waals surface area (Å²) < 4.78 is 43.8. The number of para-hydroxylation sites is 1. The molecule has 7 N–H and O–H groups in total. The van der Waals surface area contributed by atoms with Crippen molar-refractivity contribution >= 4 is 48.8 Å². The third-order valence-electron chi connectivity index (χ3n) is 6.87. The molecule has 2 aliphatic heterocycles. The van der Waals surface area contributed by atoms with E-state index in [1.807, 2.05) is 0 Å². The van der Waals surface area contributed by atoms with Crippen molar-refractivity contribution in [3.05, 3.63) is 36.2 Å². The third-order valence-corrected chi connectivity index (χ3v) is 8.50. The van der Waals surface area contributed by atoms with Crippen LogP contribution in [0.3, 0.4) is 0 Å². The number of fused-ring (bicyclic) bond motifs is 2. The highest BCUT2D eigenvalue weighted by Gasteiger charge is 2.64. The average molecular weight is 622 g/mol. The first-order chi connectivity index (χ1) is 20.3. The van der Waals surface area contributed by atoms with Gasteiger partial charge in [-0.25, -0.2) is 14.3 Å². The number of aliphatic carboxylic acids is 2. The first kappa shape index (κ1) is 30.0. The highest BCUT2D eigenvalue weighted by Crippen LogP contribution is 2.51. The maximum absolute atomic E-state index is 14.0. The minimum Gasteiger partial charge on any atom is -0.481 e. The first-order valence-corrected chi connectivity index (χ1v) is 14.4. The minimum absolute atomic E-state index is 0.0147. The quantitative estimate of drug-likeness (QED) is 0.141. The number of carboxylic acids is 2. The molecule has 230 valence electrons. The van der Waals surface area contributed by atoms with Crippen molar-refractivity contribution in [2.75, 3.05) is 18.1 Å². The molecule has 0 radical (unpaired) electrons. The summed E-state index contributed by atoms with van der Waals surface area (Å²) in [6, 6.07) is 4.83. The molecule has 2 fully saturated rings. The fourth-order valence-corrected chi connectivity index (χ4v) is 6.36. The van der Waals surface area contributed by atoms with Crippen LogP contribution in [0.1, 0.15) is 32.1 Å². The summed E-state index contributed by atoms with van der Waals surface area (Å²) in [5.41, 5.74) is 11.0. The Labute approximate surface area is 242 Å². The van der Waals surface area contributed by atoms with E-state index in [4.69, 9.17) is 39.8 Å². The molecule has 1 aromatic carbocycles. The van der Waals surface area contributed by atoms with Crippen LogP contribution in [0.5, 0.6) is 5.75 Å². The molecule has 18 nitrogen and oxygen atoms in total. The smallest absolute Gasteiger partial charge is 0.481 e. The summed E-state index contributed by atoms with van der Waals surface area (Å²) >= 11 is 0. The number of hydrogen-bond acceptors (Lipinski definition) is 14. The molecule has 2 aliphatic rings. The van der Waals surface area contributed by atoms with Crippen LogP contribution in [-0.2, 0) is 39.3 Å². The number of rotatable bonds is 12. The number of anilines is 2. The van der Waals surface area contributed by atoms with Gasteiger partial charge in [0.05, 0.1) is 12.9 Å². The number of aromatic nitrogens is 4. The van der Waals surface area contributed by atoms with E-state index in [1.165, 1.54) is 23.9 Å². The second-order valence-electron chi connectivity index (χ2n) is 9.97. The molecule has 0 saturated carbocycles. The van der Waals surface area contributed by atoms with Gasteiger partial charge in [-0.15, -0.1) is 0 Å². The zero-order chi connectivity index (χ0) is 31.1. The Morgan fingerprint density at radius 2 is 2.00 bits per heavy atom. The number of nitrogens with two attached hydrogens (primary N) is 2. The van der Waals surface area contributed by atoms with Crippen LogP contribution in [0.2, 0.25) is 0 Å². The van der Waals surface area contributed by atoms with Crippen molar-refractivity contribution in [3.8, 4) is 5.75 Å². The predicted octanol–water partition coefficient (Wildman–Crippen LogP) is 1.47. The van der Waals surface area contributed by atoms with Gasteiger partial charge < -0.3 is 40.4 Å². The molecule has 0 amide bonds. The van der Waals surface area contributed by atoms with Crippen LogP contribution in [0.4, 0.5) is 16.6 Å². The standard InChI is InChI=1S/C24H28N7O11P/c1-11(20(34)35)30-43(37,42-13-6-4-3-5-12(13)7-8-15(32)33)38-9-14-17-24(2,41-23(36)40-17)21(39-14)31-10-27-16-18(25)28-22(26)29-19(16)31/h3-6,10-11,14,17,21H,7-9H2,1-2H3,(H,30,37)(H,32,33)(H,34,35)(H4,25,26,28,29)/t11?,14-,17?,21-,24?,43?/m1/s1. The second kappa shape index (κ2) is 11.3. The van der Waals surface area contributed by atoms with Gasteiger partial charge in [0, 0.05) is 6.42 Å². The fourth-order valence-electron chi connectivity index (χ4n) is 4.81. The maximum Gasteiger partial charge on any atom is 0.509 e. The highest BCUT2D eigenvalue weighted by molar-refractivity contribution is 7.52. The number of benzene rings is 1. The Kier molecular flexibility index (Phi) is 7.87. The van der Waals surface area contributed by atoms with Gasteiger partial charge in [-0.2, -0.15) is 15.1 Å². The second-order valence-corrected chi connectivity index (χ2v) is 11.7. The van der Waals surface area contributed by atoms with Crippen LogP contribution in [0.15, 0.2) is 30.6 Å². The summed E-state index contributed by atoms with van der Waals surface area (Å²) in [4.78, 5) is 47.2. The summed E-state index contributed by atoms with van der Waals surface area (Å²) in [7, 11) is -4.50. The minimum atomic E-state index is -4.50. The van der Waals surface area contributed by atoms with Crippen LogP contribution >= 0.6 is 7.75 Å². The van der Waals surface area contributed by atoms with Gasteiger partial charge in [-0.05, 0) is 31.9 Å². The fraction of sp³-hybridized carbons (Fsp3) is 0.417. The van der Waals surface area contributed by atoms with Crippen molar-refractivity contribution < 1.29 is 52.4 Å². The third kappa shape index (κ3) is 5.90. The molecule has 0 bridgehead atoms. The topological polar surface area (TPSA) is 263 Å². The number of aryl methyl sites for hydroxylation is 1. The van der Waals surface area contributed by atoms with Crippen LogP contribution < -0.4 is 21.1 Å². The van der Waals surface area contributed by atoms with E-state index < -0.39 is 62.5 Å². The van der Waals surface area contributed by atoms with E-state index >= 15 is 0 Å². The molecule has 43 heavy (non-hydrogen) atoms. The average Bonchev–Trinajstić information content (AvgIpc) is 3.55. The van der Waals surface area contributed by atoms with Crippen molar-refractivity contribution in [2.45, 2.75) is 56.8 Å². The predicted molar refractivity (Wildman–Crippen MR) is 145 cm³/mol. The SMILES string of the molecule is CC(NP(=O)(OC[C@H]1O[C@@H](n2cnc3c(N)nc(N)nc32)C2(C)OC(=O)OC12)Oc1ccccc1CCC(=O)O)C(=O)O. The molecule has 4 unspecified atom stereocenters. The molecule has 4 heterocycles. The lowest BCUT2D eigenvalue weighted by Gasteiger charge is -2.26. The Balaban J connectivity index is 1.43. The van der Waals surface area contributed by atoms with Crippen molar-refractivity contribution in [1.29, 1.82) is 0 Å². The normalized spacial score (nSPS) is 25.0. The van der Waals surface area contributed by atoms with Gasteiger partial charge >= 0.3 is 25.8 Å². The number of carboxylic acid groups (broad SMARTS) is 2. The molecule has 5 rings (SSSR count). The zero-order valence-electron chi connectivity index (χ0n) is 22.8. The van der Waals surface area contributed by atoms with E-state index in [0.717, 1.165) is 0 Å². The van der Waals surface area contributed by atoms with Crippen molar-refractivity contribution in [2.24, 2.45) is 0 Å². The summed E-state index contributed by atoms with van der Waals surface area (Å²) in [6.07, 6.45) is -3.15. The zero-order valence-corrected chi connectivity index (χ0v) is 23.7. The Morgan fingerprint density at radius 3 is 2.72 bits per heavy atom. The lowest BCUT2D eigenvalue weighted by molar-refractivity contribution is -0.139. The summed E-state index contributed by atoms with van der Waals surface area (Å²) in [6.45, 7) is 2.24. The van der Waals surface area contributed by atoms with Gasteiger partial charge in [-0.1, -0.05) is 18.2 Å². The molecule has 0 spiro atoms. The van der Waals surface area contributed by atoms with Gasteiger partial charge in [-0.3, -0.25) is 18.7 Å². The molecule has 2 saturated heterocycles. The monoisotopic (exact) mass is 621 g/mol. The summed E-state index contributed by atoms with van der Waals surface area (Å²) in [5.74, 6) is -2.50. The number of nitrogen functional groups attached to an aromatic ring is 2. The number of nitrogens with one attached hydrogen (secondary N) is 1. The number of carbonyl (C=O) groups is 3. The van der Waals surface area contributed by atoms with Crippen LogP contribution in [0, 0.1) is 0 Å². The molecular weight excluding hydrogens is 593 g/mol. The molecule has 0 aliphatic carbocycles. The van der Waals surface area contributed by atoms with E-state index in [2.05, 4.69) is 20.0 Å².